The fourth-order valence-electron chi connectivity index (χ4n) is 2.82. The first-order valence-electron chi connectivity index (χ1n) is 8.81. The third-order valence-corrected chi connectivity index (χ3v) is 4.86. The molecule has 2 aromatic carbocycles. The molecule has 1 saturated heterocycles. The first kappa shape index (κ1) is 20.2. The molecule has 0 spiro atoms. The van der Waals surface area contributed by atoms with Crippen molar-refractivity contribution < 1.29 is 19.1 Å². The molecule has 3 rings (SSSR count). The van der Waals surface area contributed by atoms with E-state index in [0.29, 0.717) is 11.5 Å². The Balaban J connectivity index is 1.86. The number of halogens is 1. The highest BCUT2D eigenvalue weighted by Gasteiger charge is 2.33. The van der Waals surface area contributed by atoms with Gasteiger partial charge in [0, 0.05) is 0 Å². The average Bonchev–Trinajstić information content (AvgIpc) is 2.91. The van der Waals surface area contributed by atoms with Crippen LogP contribution < -0.4 is 14.8 Å². The summed E-state index contributed by atoms with van der Waals surface area (Å²) in [4.78, 5) is 26.1. The molecule has 0 aliphatic carbocycles. The zero-order valence-corrected chi connectivity index (χ0v) is 18.0. The Morgan fingerprint density at radius 2 is 1.89 bits per heavy atom. The van der Waals surface area contributed by atoms with Gasteiger partial charge < -0.3 is 14.8 Å². The molecule has 1 aliphatic rings. The molecule has 1 heterocycles. The van der Waals surface area contributed by atoms with Gasteiger partial charge in [0.1, 0.15) is 5.70 Å². The minimum atomic E-state index is -0.429. The number of amides is 3. The zero-order valence-electron chi connectivity index (χ0n) is 15.9. The van der Waals surface area contributed by atoms with Gasteiger partial charge in [-0.3, -0.25) is 9.69 Å². The van der Waals surface area contributed by atoms with Crippen molar-refractivity contribution in [2.75, 3.05) is 7.11 Å². The molecule has 0 saturated carbocycles. The van der Waals surface area contributed by atoms with Crippen LogP contribution in [0.4, 0.5) is 4.79 Å². The first-order chi connectivity index (χ1) is 13.4. The molecule has 0 unspecified atom stereocenters. The number of carbonyl (C=O) groups is 2. The lowest BCUT2D eigenvalue weighted by Gasteiger charge is -2.16. The number of nitrogens with one attached hydrogen (secondary N) is 1. The van der Waals surface area contributed by atoms with E-state index in [-0.39, 0.29) is 24.3 Å². The number of methoxy groups -OCH3 is 1. The summed E-state index contributed by atoms with van der Waals surface area (Å²) in [5.41, 5.74) is 1.86. The highest BCUT2D eigenvalue weighted by Crippen LogP contribution is 2.35. The molecular weight excluding hydrogens is 471 g/mol. The van der Waals surface area contributed by atoms with Gasteiger partial charge in [-0.15, -0.1) is 0 Å². The van der Waals surface area contributed by atoms with Crippen LogP contribution in [-0.4, -0.2) is 30.1 Å². The number of imide groups is 1. The Kier molecular flexibility index (Phi) is 6.23. The average molecular weight is 492 g/mol. The normalized spacial score (nSPS) is 15.3. The van der Waals surface area contributed by atoms with Crippen molar-refractivity contribution in [3.63, 3.8) is 0 Å². The predicted octanol–water partition coefficient (Wildman–Crippen LogP) is 4.18. The molecule has 146 valence electrons. The van der Waals surface area contributed by atoms with E-state index >= 15 is 0 Å². The number of carbonyl (C=O) groups excluding carboxylic acids is 2. The van der Waals surface area contributed by atoms with Gasteiger partial charge in [-0.25, -0.2) is 4.79 Å². The van der Waals surface area contributed by atoms with E-state index in [1.54, 1.807) is 19.3 Å². The van der Waals surface area contributed by atoms with E-state index in [1.165, 1.54) is 4.90 Å². The van der Waals surface area contributed by atoms with E-state index < -0.39 is 6.03 Å². The molecule has 0 atom stereocenters. The quantitative estimate of drug-likeness (QED) is 0.374. The maximum atomic E-state index is 12.7. The molecule has 2 aromatic rings. The van der Waals surface area contributed by atoms with E-state index in [4.69, 9.17) is 9.47 Å². The molecule has 0 radical (unpaired) electrons. The van der Waals surface area contributed by atoms with Gasteiger partial charge in [0.05, 0.1) is 23.3 Å². The Morgan fingerprint density at radius 3 is 2.54 bits per heavy atom. The highest BCUT2D eigenvalue weighted by atomic mass is 127. The van der Waals surface area contributed by atoms with E-state index in [9.17, 15) is 9.59 Å². The highest BCUT2D eigenvalue weighted by molar-refractivity contribution is 14.1. The number of benzene rings is 2. The molecule has 1 aliphatic heterocycles. The maximum absolute atomic E-state index is 12.7. The summed E-state index contributed by atoms with van der Waals surface area (Å²) in [6, 6.07) is 12.6. The Hall–Kier alpha value is -2.55. The third-order valence-electron chi connectivity index (χ3n) is 4.06. The SMILES string of the molecule is COc1cc(/C=C2/NC(=O)N(Cc3ccccc3)C2=O)cc(I)c1OC(C)C. The van der Waals surface area contributed by atoms with Crippen molar-refractivity contribution in [3.05, 3.63) is 62.9 Å². The van der Waals surface area contributed by atoms with Crippen LogP contribution in [0.15, 0.2) is 48.2 Å². The standard InChI is InChI=1S/C21H21IN2O4/c1-13(2)28-19-16(22)9-15(11-18(19)27-3)10-17-20(25)24(21(26)23-17)12-14-7-5-4-6-8-14/h4-11,13H,12H2,1-3H3,(H,23,26)/b17-10+. The molecule has 1 fully saturated rings. The molecule has 7 heteroatoms. The minimum Gasteiger partial charge on any atom is -0.493 e. The summed E-state index contributed by atoms with van der Waals surface area (Å²) < 4.78 is 12.1. The lowest BCUT2D eigenvalue weighted by Crippen LogP contribution is -2.30. The van der Waals surface area contributed by atoms with Gasteiger partial charge in [0.25, 0.3) is 5.91 Å². The first-order valence-corrected chi connectivity index (χ1v) is 9.89. The summed E-state index contributed by atoms with van der Waals surface area (Å²) in [7, 11) is 1.57. The Bertz CT molecular complexity index is 926. The second-order valence-corrected chi connectivity index (χ2v) is 7.73. The second-order valence-electron chi connectivity index (χ2n) is 6.57. The van der Waals surface area contributed by atoms with Crippen molar-refractivity contribution in [2.45, 2.75) is 26.5 Å². The van der Waals surface area contributed by atoms with Crippen LogP contribution in [0.3, 0.4) is 0 Å². The van der Waals surface area contributed by atoms with Gasteiger partial charge in [0.2, 0.25) is 0 Å². The lowest BCUT2D eigenvalue weighted by molar-refractivity contribution is -0.123. The summed E-state index contributed by atoms with van der Waals surface area (Å²) in [6.07, 6.45) is 1.66. The molecule has 0 aromatic heterocycles. The van der Waals surface area contributed by atoms with Crippen LogP contribution >= 0.6 is 22.6 Å². The number of ether oxygens (including phenoxy) is 2. The van der Waals surface area contributed by atoms with E-state index in [0.717, 1.165) is 14.7 Å². The summed E-state index contributed by atoms with van der Waals surface area (Å²) in [5, 5.41) is 2.65. The molecule has 1 N–H and O–H groups in total. The fraction of sp³-hybridized carbons (Fsp3) is 0.238. The van der Waals surface area contributed by atoms with Crippen molar-refractivity contribution in [3.8, 4) is 11.5 Å². The number of nitrogens with zero attached hydrogens (tertiary/aromatic N) is 1. The maximum Gasteiger partial charge on any atom is 0.329 e. The van der Waals surface area contributed by atoms with Gasteiger partial charge >= 0.3 is 6.03 Å². The van der Waals surface area contributed by atoms with Gasteiger partial charge in [-0.05, 0) is 65.8 Å². The van der Waals surface area contributed by atoms with Crippen LogP contribution in [0, 0.1) is 3.57 Å². The number of hydrogen-bond donors (Lipinski definition) is 1. The topological polar surface area (TPSA) is 67.9 Å². The molecular formula is C21H21IN2O4. The smallest absolute Gasteiger partial charge is 0.329 e. The van der Waals surface area contributed by atoms with Crippen molar-refractivity contribution in [2.24, 2.45) is 0 Å². The molecule has 3 amide bonds. The molecule has 0 bridgehead atoms. The minimum absolute atomic E-state index is 0.00821. The summed E-state index contributed by atoms with van der Waals surface area (Å²) >= 11 is 2.17. The number of urea groups is 1. The van der Waals surface area contributed by atoms with E-state index in [1.807, 2.05) is 50.2 Å². The molecule has 28 heavy (non-hydrogen) atoms. The number of rotatable bonds is 6. The largest absolute Gasteiger partial charge is 0.493 e. The second kappa shape index (κ2) is 8.64. The van der Waals surface area contributed by atoms with Gasteiger partial charge in [-0.2, -0.15) is 0 Å². The van der Waals surface area contributed by atoms with Crippen LogP contribution in [-0.2, 0) is 11.3 Å². The number of hydrogen-bond acceptors (Lipinski definition) is 4. The fourth-order valence-corrected chi connectivity index (χ4v) is 3.57. The van der Waals surface area contributed by atoms with Crippen molar-refractivity contribution in [1.82, 2.24) is 10.2 Å². The summed E-state index contributed by atoms with van der Waals surface area (Å²) in [5.74, 6) is 0.878. The monoisotopic (exact) mass is 492 g/mol. The Labute approximate surface area is 177 Å². The zero-order chi connectivity index (χ0) is 20.3. The van der Waals surface area contributed by atoms with Crippen LogP contribution in [0.25, 0.3) is 6.08 Å². The Morgan fingerprint density at radius 1 is 1.18 bits per heavy atom. The van der Waals surface area contributed by atoms with Crippen LogP contribution in [0.2, 0.25) is 0 Å². The van der Waals surface area contributed by atoms with Crippen molar-refractivity contribution in [1.29, 1.82) is 0 Å². The predicted molar refractivity (Wildman–Crippen MR) is 115 cm³/mol. The van der Waals surface area contributed by atoms with Crippen LogP contribution in [0.1, 0.15) is 25.0 Å². The van der Waals surface area contributed by atoms with Crippen LogP contribution in [0.5, 0.6) is 11.5 Å². The molecule has 6 nitrogen and oxygen atoms in total. The summed E-state index contributed by atoms with van der Waals surface area (Å²) in [6.45, 7) is 4.11. The third kappa shape index (κ3) is 4.46. The van der Waals surface area contributed by atoms with E-state index in [2.05, 4.69) is 27.9 Å². The van der Waals surface area contributed by atoms with Gasteiger partial charge in [-0.1, -0.05) is 30.3 Å². The van der Waals surface area contributed by atoms with Gasteiger partial charge in [0.15, 0.2) is 11.5 Å². The van der Waals surface area contributed by atoms with Crippen molar-refractivity contribution >= 4 is 40.6 Å². The lowest BCUT2D eigenvalue weighted by atomic mass is 10.1.